The molecule has 0 spiro atoms. The molecule has 2 atom stereocenters. The van der Waals surface area contributed by atoms with Crippen molar-refractivity contribution in [3.05, 3.63) is 54.6 Å². The van der Waals surface area contributed by atoms with Crippen LogP contribution in [0.4, 0.5) is 10.5 Å². The van der Waals surface area contributed by atoms with Crippen LogP contribution in [0.15, 0.2) is 54.6 Å². The number of piperidine rings is 1. The maximum absolute atomic E-state index is 12.6. The first-order valence-electron chi connectivity index (χ1n) is 10.2. The Morgan fingerprint density at radius 1 is 0.903 bits per heavy atom. The van der Waals surface area contributed by atoms with Gasteiger partial charge in [0.15, 0.2) is 11.5 Å². The second-order valence-corrected chi connectivity index (χ2v) is 7.42. The number of benzene rings is 2. The Morgan fingerprint density at radius 3 is 2.42 bits per heavy atom. The first-order chi connectivity index (χ1) is 15.1. The van der Waals surface area contributed by atoms with Gasteiger partial charge in [-0.15, -0.1) is 0 Å². The number of anilines is 1. The van der Waals surface area contributed by atoms with E-state index in [9.17, 15) is 14.4 Å². The van der Waals surface area contributed by atoms with Crippen molar-refractivity contribution in [3.8, 4) is 11.5 Å². The summed E-state index contributed by atoms with van der Waals surface area (Å²) in [6.45, 7) is 0.897. The maximum Gasteiger partial charge on any atom is 0.321 e. The molecule has 4 amide bonds. The van der Waals surface area contributed by atoms with Crippen molar-refractivity contribution in [1.29, 1.82) is 0 Å². The Bertz CT molecular complexity index is 952. The number of urea groups is 1. The van der Waals surface area contributed by atoms with Crippen LogP contribution < -0.4 is 25.6 Å². The number of amides is 4. The third-order valence-electron chi connectivity index (χ3n) is 5.21. The van der Waals surface area contributed by atoms with Gasteiger partial charge in [-0.3, -0.25) is 20.4 Å². The van der Waals surface area contributed by atoms with Gasteiger partial charge in [-0.1, -0.05) is 30.3 Å². The lowest BCUT2D eigenvalue weighted by atomic mass is 9.98. The molecule has 9 nitrogen and oxygen atoms in total. The van der Waals surface area contributed by atoms with Crippen LogP contribution in [0.3, 0.4) is 0 Å². The molecule has 9 heteroatoms. The fraction of sp³-hybridized carbons (Fsp3) is 0.318. The Morgan fingerprint density at radius 2 is 1.61 bits per heavy atom. The Kier molecular flexibility index (Phi) is 6.21. The molecule has 0 bridgehead atoms. The summed E-state index contributed by atoms with van der Waals surface area (Å²) in [7, 11) is 0. The van der Waals surface area contributed by atoms with Crippen molar-refractivity contribution in [2.75, 3.05) is 25.0 Å². The molecule has 31 heavy (non-hydrogen) atoms. The van der Waals surface area contributed by atoms with E-state index in [1.807, 2.05) is 24.3 Å². The van der Waals surface area contributed by atoms with Crippen LogP contribution >= 0.6 is 0 Å². The summed E-state index contributed by atoms with van der Waals surface area (Å²) in [5.74, 6) is -0.209. The first kappa shape index (κ1) is 20.5. The summed E-state index contributed by atoms with van der Waals surface area (Å²) in [6, 6.07) is 16.0. The van der Waals surface area contributed by atoms with Gasteiger partial charge >= 0.3 is 6.03 Å². The summed E-state index contributed by atoms with van der Waals surface area (Å²) in [5.41, 5.74) is 5.55. The zero-order valence-electron chi connectivity index (χ0n) is 16.9. The van der Waals surface area contributed by atoms with Gasteiger partial charge in [0.1, 0.15) is 6.61 Å². The molecule has 0 aromatic heterocycles. The molecule has 1 saturated heterocycles. The average Bonchev–Trinajstić information content (AvgIpc) is 2.82. The Hall–Kier alpha value is -3.75. The SMILES string of the molecule is O=C(NNC(=O)[C@@H]1COc2ccccc2O1)[C@H]1CCCN(C(=O)Nc2ccccc2)C1. The number of hydrogen-bond acceptors (Lipinski definition) is 5. The standard InChI is InChI=1S/C22H24N4O5/c27-20(24-25-21(28)19-14-30-17-10-4-5-11-18(17)31-19)15-7-6-12-26(13-15)22(29)23-16-8-2-1-3-9-16/h1-5,8-11,15,19H,6-7,12-14H2,(H,23,29)(H,24,27)(H,25,28)/t15-,19-/m0/s1. The van der Waals surface area contributed by atoms with E-state index in [0.29, 0.717) is 36.6 Å². The van der Waals surface area contributed by atoms with E-state index in [4.69, 9.17) is 9.47 Å². The molecule has 0 aliphatic carbocycles. The van der Waals surface area contributed by atoms with Gasteiger partial charge < -0.3 is 19.7 Å². The van der Waals surface area contributed by atoms with Gasteiger partial charge in [0.05, 0.1) is 5.92 Å². The molecule has 1 fully saturated rings. The van der Waals surface area contributed by atoms with Crippen molar-refractivity contribution in [3.63, 3.8) is 0 Å². The Balaban J connectivity index is 1.25. The highest BCUT2D eigenvalue weighted by molar-refractivity contribution is 5.90. The van der Waals surface area contributed by atoms with Gasteiger partial charge in [0.2, 0.25) is 12.0 Å². The molecule has 162 valence electrons. The molecular weight excluding hydrogens is 400 g/mol. The first-order valence-corrected chi connectivity index (χ1v) is 10.2. The number of para-hydroxylation sites is 3. The fourth-order valence-electron chi connectivity index (χ4n) is 3.55. The number of likely N-dealkylation sites (tertiary alicyclic amines) is 1. The lowest BCUT2D eigenvalue weighted by molar-refractivity contribution is -0.136. The third-order valence-corrected chi connectivity index (χ3v) is 5.21. The number of fused-ring (bicyclic) bond motifs is 1. The highest BCUT2D eigenvalue weighted by Crippen LogP contribution is 2.30. The van der Waals surface area contributed by atoms with Crippen LogP contribution in [0.25, 0.3) is 0 Å². The Labute approximate surface area is 179 Å². The molecule has 2 aromatic carbocycles. The smallest absolute Gasteiger partial charge is 0.321 e. The molecule has 2 heterocycles. The largest absolute Gasteiger partial charge is 0.485 e. The number of nitrogens with zero attached hydrogens (tertiary/aromatic N) is 1. The predicted octanol–water partition coefficient (Wildman–Crippen LogP) is 1.92. The summed E-state index contributed by atoms with van der Waals surface area (Å²) < 4.78 is 11.1. The number of hydrazine groups is 1. The number of ether oxygens (including phenoxy) is 2. The predicted molar refractivity (Wildman–Crippen MR) is 112 cm³/mol. The number of hydrogen-bond donors (Lipinski definition) is 3. The third kappa shape index (κ3) is 5.06. The molecule has 2 aliphatic rings. The summed E-state index contributed by atoms with van der Waals surface area (Å²) in [6.07, 6.45) is 0.465. The van der Waals surface area contributed by atoms with E-state index in [2.05, 4.69) is 16.2 Å². The topological polar surface area (TPSA) is 109 Å². The molecule has 2 aliphatic heterocycles. The molecule has 0 radical (unpaired) electrons. The molecule has 3 N–H and O–H groups in total. The van der Waals surface area contributed by atoms with Crippen LogP contribution in [-0.4, -0.2) is 48.5 Å². The van der Waals surface area contributed by atoms with Crippen molar-refractivity contribution < 1.29 is 23.9 Å². The van der Waals surface area contributed by atoms with Crippen LogP contribution in [0.5, 0.6) is 11.5 Å². The number of rotatable bonds is 3. The highest BCUT2D eigenvalue weighted by atomic mass is 16.6. The normalized spacial score (nSPS) is 19.8. The monoisotopic (exact) mass is 424 g/mol. The lowest BCUT2D eigenvalue weighted by Gasteiger charge is -2.32. The minimum atomic E-state index is -0.866. The summed E-state index contributed by atoms with van der Waals surface area (Å²) in [4.78, 5) is 39.0. The van der Waals surface area contributed by atoms with E-state index in [1.54, 1.807) is 35.2 Å². The quantitative estimate of drug-likeness (QED) is 0.653. The van der Waals surface area contributed by atoms with Crippen LogP contribution in [0, 0.1) is 5.92 Å². The molecular formula is C22H24N4O5. The van der Waals surface area contributed by atoms with Gasteiger partial charge in [-0.05, 0) is 37.1 Å². The van der Waals surface area contributed by atoms with Crippen LogP contribution in [0.1, 0.15) is 12.8 Å². The van der Waals surface area contributed by atoms with Gasteiger partial charge in [0.25, 0.3) is 5.91 Å². The second-order valence-electron chi connectivity index (χ2n) is 7.42. The van der Waals surface area contributed by atoms with E-state index >= 15 is 0 Å². The van der Waals surface area contributed by atoms with Gasteiger partial charge in [-0.25, -0.2) is 4.79 Å². The number of carbonyl (C=O) groups is 3. The van der Waals surface area contributed by atoms with Crippen molar-refractivity contribution in [1.82, 2.24) is 15.8 Å². The van der Waals surface area contributed by atoms with E-state index in [1.165, 1.54) is 0 Å². The molecule has 2 aromatic rings. The second kappa shape index (κ2) is 9.38. The van der Waals surface area contributed by atoms with Gasteiger partial charge in [-0.2, -0.15) is 0 Å². The molecule has 4 rings (SSSR count). The summed E-state index contributed by atoms with van der Waals surface area (Å²) in [5, 5.41) is 2.83. The maximum atomic E-state index is 12.6. The zero-order chi connectivity index (χ0) is 21.6. The lowest BCUT2D eigenvalue weighted by Crippen LogP contribution is -2.54. The van der Waals surface area contributed by atoms with Crippen molar-refractivity contribution in [2.45, 2.75) is 18.9 Å². The van der Waals surface area contributed by atoms with E-state index in [-0.39, 0.29) is 25.1 Å². The van der Waals surface area contributed by atoms with E-state index in [0.717, 1.165) is 0 Å². The molecule has 0 unspecified atom stereocenters. The van der Waals surface area contributed by atoms with Crippen LogP contribution in [0.2, 0.25) is 0 Å². The fourth-order valence-corrected chi connectivity index (χ4v) is 3.55. The highest BCUT2D eigenvalue weighted by Gasteiger charge is 2.31. The minimum Gasteiger partial charge on any atom is -0.485 e. The number of carbonyl (C=O) groups excluding carboxylic acids is 3. The summed E-state index contributed by atoms with van der Waals surface area (Å²) >= 11 is 0. The van der Waals surface area contributed by atoms with Gasteiger partial charge in [0, 0.05) is 18.8 Å². The van der Waals surface area contributed by atoms with Crippen LogP contribution in [-0.2, 0) is 9.59 Å². The minimum absolute atomic E-state index is 0.0512. The molecule has 0 saturated carbocycles. The average molecular weight is 424 g/mol. The van der Waals surface area contributed by atoms with Crippen molar-refractivity contribution >= 4 is 23.5 Å². The van der Waals surface area contributed by atoms with E-state index < -0.39 is 17.9 Å². The number of nitrogens with one attached hydrogen (secondary N) is 3. The zero-order valence-corrected chi connectivity index (χ0v) is 16.9. The van der Waals surface area contributed by atoms with Crippen molar-refractivity contribution in [2.24, 2.45) is 5.92 Å².